The Hall–Kier alpha value is -2.67. The van der Waals surface area contributed by atoms with Crippen LogP contribution in [0.15, 0.2) is 45.7 Å². The average molecular weight is 367 g/mol. The molecule has 4 rings (SSSR count). The highest BCUT2D eigenvalue weighted by molar-refractivity contribution is 5.16. The van der Waals surface area contributed by atoms with Crippen LogP contribution in [0.25, 0.3) is 0 Å². The molecule has 0 radical (unpaired) electrons. The van der Waals surface area contributed by atoms with Crippen molar-refractivity contribution in [1.82, 2.24) is 24.4 Å². The quantitative estimate of drug-likeness (QED) is 0.692. The van der Waals surface area contributed by atoms with E-state index in [1.165, 1.54) is 4.68 Å². The molecule has 0 atom stereocenters. The zero-order chi connectivity index (χ0) is 18.8. The van der Waals surface area contributed by atoms with Crippen LogP contribution in [0.5, 0.6) is 0 Å². The molecule has 0 saturated carbocycles. The lowest BCUT2D eigenvalue weighted by molar-refractivity contribution is 0.180. The molecule has 0 amide bonds. The Balaban J connectivity index is 1.46. The number of hydrogen-bond donors (Lipinski definition) is 0. The molecule has 1 aliphatic rings. The van der Waals surface area contributed by atoms with Gasteiger partial charge in [0.2, 0.25) is 0 Å². The first-order valence-corrected chi connectivity index (χ1v) is 9.42. The number of rotatable bonds is 5. The number of nitrogens with zero attached hydrogens (tertiary/aromatic N) is 5. The molecule has 2 aromatic heterocycles. The number of hydrogen-bond acceptors (Lipinski definition) is 5. The Labute approximate surface area is 158 Å². The highest BCUT2D eigenvalue weighted by Crippen LogP contribution is 2.27. The lowest BCUT2D eigenvalue weighted by Gasteiger charge is -2.30. The summed E-state index contributed by atoms with van der Waals surface area (Å²) in [6.07, 6.45) is 1.97. The number of likely N-dealkylation sites (tertiary alicyclic amines) is 1. The van der Waals surface area contributed by atoms with E-state index in [4.69, 9.17) is 4.52 Å². The molecule has 7 nitrogen and oxygen atoms in total. The summed E-state index contributed by atoms with van der Waals surface area (Å²) >= 11 is 0. The van der Waals surface area contributed by atoms with Crippen molar-refractivity contribution < 1.29 is 4.52 Å². The summed E-state index contributed by atoms with van der Waals surface area (Å²) in [6.45, 7) is 5.21. The Bertz CT molecular complexity index is 948. The molecule has 0 bridgehead atoms. The van der Waals surface area contributed by atoms with E-state index >= 15 is 0 Å². The maximum Gasteiger partial charge on any atom is 0.345 e. The maximum atomic E-state index is 12.6. The zero-order valence-corrected chi connectivity index (χ0v) is 15.8. The van der Waals surface area contributed by atoms with E-state index in [2.05, 4.69) is 15.2 Å². The van der Waals surface area contributed by atoms with Crippen LogP contribution in [0.3, 0.4) is 0 Å². The van der Waals surface area contributed by atoms with Crippen molar-refractivity contribution in [2.24, 2.45) is 7.05 Å². The molecule has 0 N–H and O–H groups in total. The zero-order valence-electron chi connectivity index (χ0n) is 15.8. The largest absolute Gasteiger partial charge is 0.360 e. The van der Waals surface area contributed by atoms with Crippen LogP contribution in [0.4, 0.5) is 0 Å². The van der Waals surface area contributed by atoms with Gasteiger partial charge in [0.1, 0.15) is 5.82 Å². The van der Waals surface area contributed by atoms with E-state index in [-0.39, 0.29) is 5.69 Å². The molecular formula is C20H25N5O2. The molecule has 7 heteroatoms. The molecule has 27 heavy (non-hydrogen) atoms. The molecule has 0 aliphatic carbocycles. The van der Waals surface area contributed by atoms with Crippen LogP contribution in [-0.4, -0.2) is 37.5 Å². The first-order chi connectivity index (χ1) is 13.1. The van der Waals surface area contributed by atoms with Crippen LogP contribution < -0.4 is 5.69 Å². The summed E-state index contributed by atoms with van der Waals surface area (Å²) in [4.78, 5) is 15.0. The van der Waals surface area contributed by atoms with Gasteiger partial charge >= 0.3 is 5.69 Å². The average Bonchev–Trinajstić information content (AvgIpc) is 3.21. The SMILES string of the molecule is Cc1cc(CN2CCC(c3nn(C)c(=O)n3Cc3ccccc3)CC2)on1. The third-order valence-corrected chi connectivity index (χ3v) is 5.23. The molecule has 3 heterocycles. The number of aromatic nitrogens is 4. The van der Waals surface area contributed by atoms with E-state index in [0.29, 0.717) is 12.5 Å². The van der Waals surface area contributed by atoms with Crippen molar-refractivity contribution in [3.05, 3.63) is 69.7 Å². The standard InChI is InChI=1S/C20H25N5O2/c1-15-12-18(27-22-15)14-24-10-8-17(9-11-24)19-21-23(2)20(26)25(19)13-16-6-4-3-5-7-16/h3-7,12,17H,8-11,13-14H2,1-2H3. The van der Waals surface area contributed by atoms with E-state index in [1.807, 2.05) is 47.9 Å². The third-order valence-electron chi connectivity index (χ3n) is 5.23. The van der Waals surface area contributed by atoms with Gasteiger partial charge in [0.15, 0.2) is 5.76 Å². The minimum atomic E-state index is -0.0478. The number of benzene rings is 1. The van der Waals surface area contributed by atoms with Crippen LogP contribution in [-0.2, 0) is 20.1 Å². The minimum absolute atomic E-state index is 0.0478. The smallest absolute Gasteiger partial charge is 0.345 e. The maximum absolute atomic E-state index is 12.6. The van der Waals surface area contributed by atoms with Crippen molar-refractivity contribution >= 4 is 0 Å². The lowest BCUT2D eigenvalue weighted by atomic mass is 9.95. The van der Waals surface area contributed by atoms with Crippen molar-refractivity contribution in [3.8, 4) is 0 Å². The summed E-state index contributed by atoms with van der Waals surface area (Å²) in [5.74, 6) is 2.11. The highest BCUT2D eigenvalue weighted by atomic mass is 16.5. The predicted molar refractivity (Wildman–Crippen MR) is 102 cm³/mol. The Kier molecular flexibility index (Phi) is 4.94. The molecule has 1 saturated heterocycles. The Morgan fingerprint density at radius 2 is 1.89 bits per heavy atom. The van der Waals surface area contributed by atoms with Gasteiger partial charge in [-0.15, -0.1) is 0 Å². The van der Waals surface area contributed by atoms with Crippen molar-refractivity contribution in [1.29, 1.82) is 0 Å². The molecule has 1 aliphatic heterocycles. The van der Waals surface area contributed by atoms with Crippen LogP contribution in [0.2, 0.25) is 0 Å². The van der Waals surface area contributed by atoms with Gasteiger partial charge in [-0.25, -0.2) is 9.48 Å². The van der Waals surface area contributed by atoms with Gasteiger partial charge in [0.25, 0.3) is 0 Å². The first-order valence-electron chi connectivity index (χ1n) is 9.42. The monoisotopic (exact) mass is 367 g/mol. The second-order valence-corrected chi connectivity index (χ2v) is 7.32. The highest BCUT2D eigenvalue weighted by Gasteiger charge is 2.26. The summed E-state index contributed by atoms with van der Waals surface area (Å²) in [7, 11) is 1.73. The molecule has 0 spiro atoms. The Morgan fingerprint density at radius 3 is 2.56 bits per heavy atom. The van der Waals surface area contributed by atoms with Crippen molar-refractivity contribution in [2.75, 3.05) is 13.1 Å². The fourth-order valence-corrected chi connectivity index (χ4v) is 3.80. The number of piperidine rings is 1. The number of aryl methyl sites for hydroxylation is 2. The van der Waals surface area contributed by atoms with Gasteiger partial charge < -0.3 is 4.52 Å². The summed E-state index contributed by atoms with van der Waals surface area (Å²) in [5, 5.41) is 8.52. The van der Waals surface area contributed by atoms with E-state index < -0.39 is 0 Å². The molecule has 0 unspecified atom stereocenters. The molecule has 1 aromatic carbocycles. The molecular weight excluding hydrogens is 342 g/mol. The summed E-state index contributed by atoms with van der Waals surface area (Å²) in [6, 6.07) is 12.1. The summed E-state index contributed by atoms with van der Waals surface area (Å²) in [5.41, 5.74) is 1.98. The van der Waals surface area contributed by atoms with Gasteiger partial charge in [-0.3, -0.25) is 9.47 Å². The Morgan fingerprint density at radius 1 is 1.15 bits per heavy atom. The first kappa shape index (κ1) is 17.7. The third kappa shape index (κ3) is 3.88. The van der Waals surface area contributed by atoms with Crippen molar-refractivity contribution in [3.63, 3.8) is 0 Å². The van der Waals surface area contributed by atoms with Gasteiger partial charge in [-0.05, 0) is 38.4 Å². The van der Waals surface area contributed by atoms with Crippen LogP contribution >= 0.6 is 0 Å². The van der Waals surface area contributed by atoms with Gasteiger partial charge in [-0.1, -0.05) is 35.5 Å². The van der Waals surface area contributed by atoms with Crippen molar-refractivity contribution in [2.45, 2.75) is 38.8 Å². The summed E-state index contributed by atoms with van der Waals surface area (Å²) < 4.78 is 8.62. The second kappa shape index (κ2) is 7.52. The van der Waals surface area contributed by atoms with E-state index in [1.54, 1.807) is 7.05 Å². The normalized spacial score (nSPS) is 16.1. The van der Waals surface area contributed by atoms with E-state index in [9.17, 15) is 4.79 Å². The van der Waals surface area contributed by atoms with E-state index in [0.717, 1.165) is 55.3 Å². The van der Waals surface area contributed by atoms with Crippen LogP contribution in [0, 0.1) is 6.92 Å². The van der Waals surface area contributed by atoms with Gasteiger partial charge in [0, 0.05) is 19.0 Å². The topological polar surface area (TPSA) is 69.1 Å². The van der Waals surface area contributed by atoms with Gasteiger partial charge in [-0.2, -0.15) is 5.10 Å². The molecule has 3 aromatic rings. The predicted octanol–water partition coefficient (Wildman–Crippen LogP) is 2.31. The molecule has 142 valence electrons. The lowest BCUT2D eigenvalue weighted by Crippen LogP contribution is -2.34. The minimum Gasteiger partial charge on any atom is -0.360 e. The fraction of sp³-hybridized carbons (Fsp3) is 0.450. The fourth-order valence-electron chi connectivity index (χ4n) is 3.80. The van der Waals surface area contributed by atoms with Gasteiger partial charge in [0.05, 0.1) is 18.8 Å². The molecule has 1 fully saturated rings. The van der Waals surface area contributed by atoms with Crippen LogP contribution in [0.1, 0.15) is 41.6 Å². The second-order valence-electron chi connectivity index (χ2n) is 7.32.